The van der Waals surface area contributed by atoms with Gasteiger partial charge in [-0.25, -0.2) is 4.79 Å². The zero-order chi connectivity index (χ0) is 21.0. The number of imide groups is 1. The van der Waals surface area contributed by atoms with Crippen LogP contribution in [0.2, 0.25) is 0 Å². The molecule has 0 aromatic heterocycles. The first kappa shape index (κ1) is 20.4. The van der Waals surface area contributed by atoms with Gasteiger partial charge in [-0.3, -0.25) is 19.3 Å². The van der Waals surface area contributed by atoms with Crippen LogP contribution in [0.5, 0.6) is 11.5 Å². The van der Waals surface area contributed by atoms with E-state index in [2.05, 4.69) is 16.0 Å². The number of ether oxygens (including phenoxy) is 2. The van der Waals surface area contributed by atoms with Crippen LogP contribution in [0.15, 0.2) is 18.2 Å². The molecule has 10 nitrogen and oxygen atoms in total. The number of nitrogens with one attached hydrogen (secondary N) is 3. The predicted molar refractivity (Wildman–Crippen MR) is 101 cm³/mol. The van der Waals surface area contributed by atoms with Gasteiger partial charge in [0.15, 0.2) is 11.5 Å². The molecule has 0 bridgehead atoms. The van der Waals surface area contributed by atoms with Crippen molar-refractivity contribution in [2.75, 3.05) is 32.8 Å². The van der Waals surface area contributed by atoms with Gasteiger partial charge >= 0.3 is 6.03 Å². The lowest BCUT2D eigenvalue weighted by Gasteiger charge is -2.25. The zero-order valence-electron chi connectivity index (χ0n) is 16.4. The first-order valence-corrected chi connectivity index (χ1v) is 9.42. The quantitative estimate of drug-likeness (QED) is 0.544. The average molecular weight is 404 g/mol. The van der Waals surface area contributed by atoms with Crippen LogP contribution in [0.3, 0.4) is 0 Å². The summed E-state index contributed by atoms with van der Waals surface area (Å²) in [5.41, 5.74) is -0.826. The van der Waals surface area contributed by atoms with Crippen molar-refractivity contribution in [2.45, 2.75) is 25.8 Å². The highest BCUT2D eigenvalue weighted by atomic mass is 16.6. The molecule has 0 radical (unpaired) electrons. The molecule has 0 spiro atoms. The highest BCUT2D eigenvalue weighted by molar-refractivity contribution is 6.09. The minimum Gasteiger partial charge on any atom is -0.486 e. The molecule has 1 aromatic rings. The molecule has 29 heavy (non-hydrogen) atoms. The van der Waals surface area contributed by atoms with Gasteiger partial charge in [0, 0.05) is 6.54 Å². The first-order valence-electron chi connectivity index (χ1n) is 9.42. The lowest BCUT2D eigenvalue weighted by molar-refractivity contribution is -0.135. The maximum absolute atomic E-state index is 12.9. The monoisotopic (exact) mass is 404 g/mol. The molecule has 1 atom stereocenters. The van der Waals surface area contributed by atoms with Crippen LogP contribution in [-0.4, -0.2) is 61.5 Å². The highest BCUT2D eigenvalue weighted by Gasteiger charge is 2.49. The summed E-state index contributed by atoms with van der Waals surface area (Å²) in [6, 6.07) is 4.32. The highest BCUT2D eigenvalue weighted by Crippen LogP contribution is 2.36. The van der Waals surface area contributed by atoms with E-state index in [9.17, 15) is 19.2 Å². The van der Waals surface area contributed by atoms with Crippen LogP contribution < -0.4 is 25.4 Å². The summed E-state index contributed by atoms with van der Waals surface area (Å²) in [5.74, 6) is -0.445. The third-order valence-corrected chi connectivity index (χ3v) is 4.71. The fraction of sp³-hybridized carbons (Fsp3) is 0.474. The van der Waals surface area contributed by atoms with E-state index in [-0.39, 0.29) is 12.5 Å². The second-order valence-electron chi connectivity index (χ2n) is 6.93. The first-order chi connectivity index (χ1) is 13.8. The molecule has 3 rings (SSSR count). The number of rotatable bonds is 7. The van der Waals surface area contributed by atoms with Gasteiger partial charge in [0.25, 0.3) is 5.91 Å². The maximum Gasteiger partial charge on any atom is 0.325 e. The lowest BCUT2D eigenvalue weighted by atomic mass is 9.91. The van der Waals surface area contributed by atoms with Crippen LogP contribution in [0.25, 0.3) is 0 Å². The third-order valence-electron chi connectivity index (χ3n) is 4.71. The molecular weight excluding hydrogens is 380 g/mol. The zero-order valence-corrected chi connectivity index (χ0v) is 16.4. The summed E-state index contributed by atoms with van der Waals surface area (Å²) < 4.78 is 11.0. The molecule has 5 amide bonds. The predicted octanol–water partition coefficient (Wildman–Crippen LogP) is -0.133. The van der Waals surface area contributed by atoms with E-state index in [4.69, 9.17) is 9.47 Å². The standard InChI is InChI=1S/C19H24N4O6/c1-3-6-20-15(24)10-21-16(25)11-23-17(26)19(2,22-18(23)27)12-4-5-13-14(9-12)29-8-7-28-13/h4-5,9H,3,6-8,10-11H2,1-2H3,(H,20,24)(H,21,25)(H,22,27)/t19-/m0/s1. The molecule has 2 aliphatic rings. The van der Waals surface area contributed by atoms with Crippen LogP contribution >= 0.6 is 0 Å². The van der Waals surface area contributed by atoms with Gasteiger partial charge in [-0.2, -0.15) is 0 Å². The van der Waals surface area contributed by atoms with Crippen LogP contribution in [-0.2, 0) is 19.9 Å². The van der Waals surface area contributed by atoms with Gasteiger partial charge in [-0.15, -0.1) is 0 Å². The number of carbonyl (C=O) groups is 4. The minimum atomic E-state index is -1.34. The topological polar surface area (TPSA) is 126 Å². The molecule has 10 heteroatoms. The number of carbonyl (C=O) groups excluding carboxylic acids is 4. The van der Waals surface area contributed by atoms with Gasteiger partial charge in [-0.1, -0.05) is 13.0 Å². The Morgan fingerprint density at radius 3 is 2.59 bits per heavy atom. The van der Waals surface area contributed by atoms with Gasteiger partial charge < -0.3 is 25.4 Å². The normalized spacial score (nSPS) is 20.3. The lowest BCUT2D eigenvalue weighted by Crippen LogP contribution is -2.45. The number of hydrogen-bond acceptors (Lipinski definition) is 6. The SMILES string of the molecule is CCCNC(=O)CNC(=O)CN1C(=O)N[C@@](C)(c2ccc3c(c2)OCCO3)C1=O. The van der Waals surface area contributed by atoms with E-state index in [1.54, 1.807) is 25.1 Å². The van der Waals surface area contributed by atoms with Crippen molar-refractivity contribution >= 4 is 23.8 Å². The molecule has 3 N–H and O–H groups in total. The largest absolute Gasteiger partial charge is 0.486 e. The summed E-state index contributed by atoms with van der Waals surface area (Å²) in [5, 5.41) is 7.66. The Bertz CT molecular complexity index is 842. The Morgan fingerprint density at radius 2 is 1.86 bits per heavy atom. The summed E-state index contributed by atoms with van der Waals surface area (Å²) in [7, 11) is 0. The number of hydrogen-bond donors (Lipinski definition) is 3. The van der Waals surface area contributed by atoms with Crippen molar-refractivity contribution in [1.82, 2.24) is 20.9 Å². The minimum absolute atomic E-state index is 0.220. The van der Waals surface area contributed by atoms with E-state index in [0.29, 0.717) is 36.8 Å². The Morgan fingerprint density at radius 1 is 1.14 bits per heavy atom. The summed E-state index contributed by atoms with van der Waals surface area (Å²) in [4.78, 5) is 49.8. The number of urea groups is 1. The van der Waals surface area contributed by atoms with Crippen LogP contribution in [0, 0.1) is 0 Å². The van der Waals surface area contributed by atoms with Gasteiger partial charge in [0.2, 0.25) is 11.8 Å². The summed E-state index contributed by atoms with van der Waals surface area (Å²) >= 11 is 0. The number of nitrogens with zero attached hydrogens (tertiary/aromatic N) is 1. The average Bonchev–Trinajstić information content (AvgIpc) is 2.94. The molecule has 156 valence electrons. The number of benzene rings is 1. The van der Waals surface area contributed by atoms with E-state index in [0.717, 1.165) is 11.3 Å². The smallest absolute Gasteiger partial charge is 0.325 e. The molecule has 1 saturated heterocycles. The third kappa shape index (κ3) is 4.25. The summed E-state index contributed by atoms with van der Waals surface area (Å²) in [6.45, 7) is 4.12. The number of amides is 5. The van der Waals surface area contributed by atoms with E-state index < -0.39 is 29.9 Å². The molecule has 2 heterocycles. The Balaban J connectivity index is 1.66. The molecular formula is C19H24N4O6. The second-order valence-corrected chi connectivity index (χ2v) is 6.93. The Hall–Kier alpha value is -3.30. The van der Waals surface area contributed by atoms with Crippen molar-refractivity contribution < 1.29 is 28.7 Å². The van der Waals surface area contributed by atoms with Crippen molar-refractivity contribution in [3.8, 4) is 11.5 Å². The molecule has 1 fully saturated rings. The maximum atomic E-state index is 12.9. The van der Waals surface area contributed by atoms with Gasteiger partial charge in [0.05, 0.1) is 6.54 Å². The molecule has 0 aliphatic carbocycles. The van der Waals surface area contributed by atoms with Crippen molar-refractivity contribution in [3.63, 3.8) is 0 Å². The van der Waals surface area contributed by atoms with E-state index >= 15 is 0 Å². The van der Waals surface area contributed by atoms with E-state index in [1.165, 1.54) is 0 Å². The van der Waals surface area contributed by atoms with Crippen LogP contribution in [0.4, 0.5) is 4.79 Å². The molecule has 0 saturated carbocycles. The molecule has 0 unspecified atom stereocenters. The van der Waals surface area contributed by atoms with Crippen molar-refractivity contribution in [3.05, 3.63) is 23.8 Å². The second kappa shape index (κ2) is 8.38. The van der Waals surface area contributed by atoms with Crippen LogP contribution in [0.1, 0.15) is 25.8 Å². The Labute approximate surface area is 167 Å². The Kier molecular flexibility index (Phi) is 5.90. The fourth-order valence-electron chi connectivity index (χ4n) is 3.10. The fourth-order valence-corrected chi connectivity index (χ4v) is 3.10. The summed E-state index contributed by atoms with van der Waals surface area (Å²) in [6.07, 6.45) is 0.778. The number of fused-ring (bicyclic) bond motifs is 1. The van der Waals surface area contributed by atoms with Crippen molar-refractivity contribution in [1.29, 1.82) is 0 Å². The van der Waals surface area contributed by atoms with Gasteiger partial charge in [0.1, 0.15) is 25.3 Å². The van der Waals surface area contributed by atoms with Crippen molar-refractivity contribution in [2.24, 2.45) is 0 Å². The van der Waals surface area contributed by atoms with Gasteiger partial charge in [-0.05, 0) is 31.0 Å². The van der Waals surface area contributed by atoms with E-state index in [1.807, 2.05) is 6.92 Å². The molecule has 2 aliphatic heterocycles. The molecule has 1 aromatic carbocycles.